The van der Waals surface area contributed by atoms with E-state index in [1.807, 2.05) is 18.7 Å². The van der Waals surface area contributed by atoms with Gasteiger partial charge in [-0.1, -0.05) is 13.8 Å². The molecule has 1 rings (SSSR count). The highest BCUT2D eigenvalue weighted by molar-refractivity contribution is 5.75. The standard InChI is InChI=1S/C12H24N2O/c1-5-13(6-2)12(15)14(9-10(3)4)11-7-8-11/h10-11H,5-9H2,1-4H3. The topological polar surface area (TPSA) is 23.6 Å². The maximum atomic E-state index is 12.2. The predicted octanol–water partition coefficient (Wildman–Crippen LogP) is 2.57. The van der Waals surface area contributed by atoms with E-state index in [1.165, 1.54) is 12.8 Å². The van der Waals surface area contributed by atoms with E-state index in [9.17, 15) is 4.79 Å². The summed E-state index contributed by atoms with van der Waals surface area (Å²) in [5.41, 5.74) is 0. The van der Waals surface area contributed by atoms with Crippen LogP contribution in [-0.2, 0) is 0 Å². The summed E-state index contributed by atoms with van der Waals surface area (Å²) in [6.45, 7) is 11.0. The third kappa shape index (κ3) is 3.40. The third-order valence-electron chi connectivity index (χ3n) is 2.83. The van der Waals surface area contributed by atoms with E-state index >= 15 is 0 Å². The summed E-state index contributed by atoms with van der Waals surface area (Å²) in [6.07, 6.45) is 2.39. The van der Waals surface area contributed by atoms with Gasteiger partial charge in [-0.05, 0) is 32.6 Å². The molecule has 0 atom stereocenters. The van der Waals surface area contributed by atoms with E-state index in [1.54, 1.807) is 0 Å². The van der Waals surface area contributed by atoms with E-state index < -0.39 is 0 Å². The molecule has 0 spiro atoms. The SMILES string of the molecule is CCN(CC)C(=O)N(CC(C)C)C1CC1. The smallest absolute Gasteiger partial charge is 0.320 e. The first-order valence-corrected chi connectivity index (χ1v) is 6.15. The second kappa shape index (κ2) is 5.38. The van der Waals surface area contributed by atoms with Crippen molar-refractivity contribution in [2.24, 2.45) is 5.92 Å². The molecule has 0 radical (unpaired) electrons. The fraction of sp³-hybridized carbons (Fsp3) is 0.917. The minimum Gasteiger partial charge on any atom is -0.325 e. The zero-order valence-corrected chi connectivity index (χ0v) is 10.5. The van der Waals surface area contributed by atoms with Crippen molar-refractivity contribution in [3.05, 3.63) is 0 Å². The van der Waals surface area contributed by atoms with Gasteiger partial charge in [0.25, 0.3) is 0 Å². The Hall–Kier alpha value is -0.730. The van der Waals surface area contributed by atoms with Crippen LogP contribution in [0.4, 0.5) is 4.79 Å². The van der Waals surface area contributed by atoms with Gasteiger partial charge in [-0.15, -0.1) is 0 Å². The van der Waals surface area contributed by atoms with Crippen LogP contribution in [0.5, 0.6) is 0 Å². The maximum absolute atomic E-state index is 12.2. The lowest BCUT2D eigenvalue weighted by Crippen LogP contribution is -2.45. The zero-order chi connectivity index (χ0) is 11.4. The van der Waals surface area contributed by atoms with Gasteiger partial charge in [0.1, 0.15) is 0 Å². The van der Waals surface area contributed by atoms with Crippen LogP contribution in [0, 0.1) is 5.92 Å². The number of urea groups is 1. The molecule has 0 aliphatic heterocycles. The van der Waals surface area contributed by atoms with Crippen molar-refractivity contribution in [3.63, 3.8) is 0 Å². The Bertz CT molecular complexity index is 208. The van der Waals surface area contributed by atoms with Gasteiger partial charge in [0.2, 0.25) is 0 Å². The van der Waals surface area contributed by atoms with Gasteiger partial charge >= 0.3 is 6.03 Å². The summed E-state index contributed by atoms with van der Waals surface area (Å²) < 4.78 is 0. The van der Waals surface area contributed by atoms with Crippen molar-refractivity contribution in [3.8, 4) is 0 Å². The lowest BCUT2D eigenvalue weighted by Gasteiger charge is -2.30. The Labute approximate surface area is 93.4 Å². The highest BCUT2D eigenvalue weighted by atomic mass is 16.2. The van der Waals surface area contributed by atoms with Gasteiger partial charge in [0, 0.05) is 25.7 Å². The van der Waals surface area contributed by atoms with Crippen molar-refractivity contribution in [2.75, 3.05) is 19.6 Å². The Morgan fingerprint density at radius 1 is 1.27 bits per heavy atom. The fourth-order valence-corrected chi connectivity index (χ4v) is 1.84. The molecule has 3 heteroatoms. The fourth-order valence-electron chi connectivity index (χ4n) is 1.84. The van der Waals surface area contributed by atoms with Crippen molar-refractivity contribution in [1.82, 2.24) is 9.80 Å². The molecule has 0 unspecified atom stereocenters. The lowest BCUT2D eigenvalue weighted by atomic mass is 10.2. The molecule has 0 saturated heterocycles. The molecule has 1 fully saturated rings. The van der Waals surface area contributed by atoms with Crippen LogP contribution in [0.1, 0.15) is 40.5 Å². The summed E-state index contributed by atoms with van der Waals surface area (Å²) in [5, 5.41) is 0. The average Bonchev–Trinajstić information content (AvgIpc) is 2.99. The minimum atomic E-state index is 0.233. The summed E-state index contributed by atoms with van der Waals surface area (Å²) in [5.74, 6) is 0.560. The second-order valence-electron chi connectivity index (χ2n) is 4.73. The summed E-state index contributed by atoms with van der Waals surface area (Å²) in [4.78, 5) is 16.2. The molecule has 88 valence electrons. The van der Waals surface area contributed by atoms with Crippen LogP contribution in [-0.4, -0.2) is 41.5 Å². The molecule has 1 aliphatic rings. The van der Waals surface area contributed by atoms with Gasteiger partial charge in [0.15, 0.2) is 0 Å². The summed E-state index contributed by atoms with van der Waals surface area (Å²) >= 11 is 0. The van der Waals surface area contributed by atoms with E-state index in [-0.39, 0.29) is 6.03 Å². The van der Waals surface area contributed by atoms with Gasteiger partial charge in [-0.3, -0.25) is 0 Å². The van der Waals surface area contributed by atoms with E-state index in [0.717, 1.165) is 19.6 Å². The zero-order valence-electron chi connectivity index (χ0n) is 10.5. The minimum absolute atomic E-state index is 0.233. The molecule has 2 amide bonds. The third-order valence-corrected chi connectivity index (χ3v) is 2.83. The molecular formula is C12H24N2O. The summed E-state index contributed by atoms with van der Waals surface area (Å²) in [6, 6.07) is 0.761. The number of hydrogen-bond donors (Lipinski definition) is 0. The number of nitrogens with zero attached hydrogens (tertiary/aromatic N) is 2. The largest absolute Gasteiger partial charge is 0.325 e. The van der Waals surface area contributed by atoms with Crippen LogP contribution in [0.3, 0.4) is 0 Å². The lowest BCUT2D eigenvalue weighted by molar-refractivity contribution is 0.148. The van der Waals surface area contributed by atoms with Crippen LogP contribution in [0.25, 0.3) is 0 Å². The average molecular weight is 212 g/mol. The molecule has 0 aromatic rings. The number of carbonyl (C=O) groups is 1. The Morgan fingerprint density at radius 2 is 1.80 bits per heavy atom. The maximum Gasteiger partial charge on any atom is 0.320 e. The normalized spacial score (nSPS) is 15.5. The first-order valence-electron chi connectivity index (χ1n) is 6.15. The Kier molecular flexibility index (Phi) is 4.43. The molecule has 0 aromatic heterocycles. The molecule has 15 heavy (non-hydrogen) atoms. The molecule has 0 aromatic carbocycles. The predicted molar refractivity (Wildman–Crippen MR) is 62.9 cm³/mol. The Balaban J connectivity index is 2.57. The molecule has 1 aliphatic carbocycles. The van der Waals surface area contributed by atoms with Gasteiger partial charge < -0.3 is 9.80 Å². The quantitative estimate of drug-likeness (QED) is 0.687. The monoisotopic (exact) mass is 212 g/mol. The van der Waals surface area contributed by atoms with Crippen LogP contribution < -0.4 is 0 Å². The van der Waals surface area contributed by atoms with Gasteiger partial charge in [0.05, 0.1) is 0 Å². The van der Waals surface area contributed by atoms with Gasteiger partial charge in [-0.25, -0.2) is 4.79 Å². The molecule has 0 N–H and O–H groups in total. The molecular weight excluding hydrogens is 188 g/mol. The van der Waals surface area contributed by atoms with Crippen LogP contribution >= 0.6 is 0 Å². The van der Waals surface area contributed by atoms with Crippen molar-refractivity contribution in [1.29, 1.82) is 0 Å². The number of rotatable bonds is 5. The van der Waals surface area contributed by atoms with Gasteiger partial charge in [-0.2, -0.15) is 0 Å². The number of carbonyl (C=O) groups excluding carboxylic acids is 1. The highest BCUT2D eigenvalue weighted by Crippen LogP contribution is 2.28. The van der Waals surface area contributed by atoms with Crippen LogP contribution in [0.2, 0.25) is 0 Å². The Morgan fingerprint density at radius 3 is 2.13 bits per heavy atom. The number of amides is 2. The molecule has 1 saturated carbocycles. The number of hydrogen-bond acceptors (Lipinski definition) is 1. The first kappa shape index (κ1) is 12.3. The van der Waals surface area contributed by atoms with Crippen molar-refractivity contribution >= 4 is 6.03 Å². The van der Waals surface area contributed by atoms with E-state index in [4.69, 9.17) is 0 Å². The molecule has 3 nitrogen and oxygen atoms in total. The van der Waals surface area contributed by atoms with Crippen molar-refractivity contribution in [2.45, 2.75) is 46.6 Å². The molecule has 0 heterocycles. The summed E-state index contributed by atoms with van der Waals surface area (Å²) in [7, 11) is 0. The first-order chi connectivity index (χ1) is 7.10. The van der Waals surface area contributed by atoms with E-state index in [0.29, 0.717) is 12.0 Å². The second-order valence-corrected chi connectivity index (χ2v) is 4.73. The van der Waals surface area contributed by atoms with E-state index in [2.05, 4.69) is 18.7 Å². The van der Waals surface area contributed by atoms with Crippen LogP contribution in [0.15, 0.2) is 0 Å². The van der Waals surface area contributed by atoms with Crippen molar-refractivity contribution < 1.29 is 4.79 Å². The highest BCUT2D eigenvalue weighted by Gasteiger charge is 2.34. The molecule has 0 bridgehead atoms.